The van der Waals surface area contributed by atoms with Gasteiger partial charge in [0.05, 0.1) is 12.6 Å². The summed E-state index contributed by atoms with van der Waals surface area (Å²) in [6.45, 7) is 0.965. The average molecular weight is 332 g/mol. The van der Waals surface area contributed by atoms with E-state index in [0.29, 0.717) is 11.5 Å². The largest absolute Gasteiger partial charge is 0.387 e. The maximum atomic E-state index is 13.2. The van der Waals surface area contributed by atoms with Crippen molar-refractivity contribution in [1.29, 1.82) is 0 Å². The fourth-order valence-corrected chi connectivity index (χ4v) is 2.77. The van der Waals surface area contributed by atoms with Crippen LogP contribution < -0.4 is 10.6 Å². The number of aliphatic imine (C=N–C) groups is 1. The van der Waals surface area contributed by atoms with Crippen molar-refractivity contribution >= 4 is 5.96 Å². The van der Waals surface area contributed by atoms with Crippen molar-refractivity contribution in [2.45, 2.75) is 31.5 Å². The summed E-state index contributed by atoms with van der Waals surface area (Å²) in [7, 11) is 1.67. The highest BCUT2D eigenvalue weighted by Crippen LogP contribution is 2.13. The van der Waals surface area contributed by atoms with Crippen molar-refractivity contribution < 1.29 is 9.50 Å². The molecule has 2 aromatic rings. The number of aliphatic hydroxyl groups is 1. The van der Waals surface area contributed by atoms with E-state index in [1.165, 1.54) is 12.1 Å². The molecule has 0 radical (unpaired) electrons. The normalized spacial score (nSPS) is 18.8. The molecule has 24 heavy (non-hydrogen) atoms. The van der Waals surface area contributed by atoms with Crippen LogP contribution in [0.4, 0.5) is 4.39 Å². The second kappa shape index (κ2) is 7.39. The zero-order chi connectivity index (χ0) is 16.9. The molecule has 0 spiro atoms. The SMILES string of the molecule is CN=C(NCC(O)c1cccc(F)c1)NC1CCc2ncnn2C1. The second-order valence-corrected chi connectivity index (χ2v) is 5.76. The van der Waals surface area contributed by atoms with Gasteiger partial charge in [0.2, 0.25) is 0 Å². The van der Waals surface area contributed by atoms with Crippen LogP contribution >= 0.6 is 0 Å². The van der Waals surface area contributed by atoms with Crippen LogP contribution in [0.3, 0.4) is 0 Å². The van der Waals surface area contributed by atoms with E-state index >= 15 is 0 Å². The Morgan fingerprint density at radius 3 is 3.21 bits per heavy atom. The van der Waals surface area contributed by atoms with Gasteiger partial charge in [0, 0.05) is 26.1 Å². The molecule has 1 aliphatic heterocycles. The first-order valence-electron chi connectivity index (χ1n) is 7.93. The molecular weight excluding hydrogens is 311 g/mol. The van der Waals surface area contributed by atoms with E-state index in [4.69, 9.17) is 0 Å². The smallest absolute Gasteiger partial charge is 0.191 e. The molecule has 3 N–H and O–H groups in total. The summed E-state index contributed by atoms with van der Waals surface area (Å²) in [5.41, 5.74) is 0.530. The molecule has 1 aliphatic rings. The van der Waals surface area contributed by atoms with Crippen LogP contribution in [-0.4, -0.2) is 45.5 Å². The number of aliphatic hydroxyl groups excluding tert-OH is 1. The molecule has 2 unspecified atom stereocenters. The number of hydrogen-bond acceptors (Lipinski definition) is 4. The maximum absolute atomic E-state index is 13.2. The molecule has 8 heteroatoms. The molecule has 2 heterocycles. The van der Waals surface area contributed by atoms with Crippen LogP contribution in [0.25, 0.3) is 0 Å². The van der Waals surface area contributed by atoms with Crippen LogP contribution in [0.1, 0.15) is 23.9 Å². The summed E-state index contributed by atoms with van der Waals surface area (Å²) in [5.74, 6) is 1.23. The number of nitrogens with zero attached hydrogens (tertiary/aromatic N) is 4. The molecule has 0 amide bonds. The van der Waals surface area contributed by atoms with Crippen molar-refractivity contribution in [3.63, 3.8) is 0 Å². The van der Waals surface area contributed by atoms with Gasteiger partial charge in [-0.05, 0) is 24.1 Å². The van der Waals surface area contributed by atoms with E-state index in [-0.39, 0.29) is 18.4 Å². The van der Waals surface area contributed by atoms with Crippen LogP contribution in [0.5, 0.6) is 0 Å². The van der Waals surface area contributed by atoms with Crippen molar-refractivity contribution in [3.8, 4) is 0 Å². The van der Waals surface area contributed by atoms with Gasteiger partial charge in [0.1, 0.15) is 18.0 Å². The van der Waals surface area contributed by atoms with Gasteiger partial charge in [-0.2, -0.15) is 5.10 Å². The molecule has 2 atom stereocenters. The lowest BCUT2D eigenvalue weighted by molar-refractivity contribution is 0.180. The zero-order valence-electron chi connectivity index (χ0n) is 13.5. The van der Waals surface area contributed by atoms with Gasteiger partial charge >= 0.3 is 0 Å². The minimum absolute atomic E-state index is 0.191. The van der Waals surface area contributed by atoms with Crippen molar-refractivity contribution in [2.24, 2.45) is 4.99 Å². The second-order valence-electron chi connectivity index (χ2n) is 5.76. The molecule has 0 aliphatic carbocycles. The molecule has 128 valence electrons. The van der Waals surface area contributed by atoms with E-state index in [0.717, 1.165) is 25.2 Å². The lowest BCUT2D eigenvalue weighted by Crippen LogP contribution is -2.47. The van der Waals surface area contributed by atoms with Gasteiger partial charge in [0.15, 0.2) is 5.96 Å². The monoisotopic (exact) mass is 332 g/mol. The highest BCUT2D eigenvalue weighted by Gasteiger charge is 2.20. The van der Waals surface area contributed by atoms with Crippen molar-refractivity contribution in [3.05, 3.63) is 47.8 Å². The molecule has 0 fully saturated rings. The first kappa shape index (κ1) is 16.4. The lowest BCUT2D eigenvalue weighted by atomic mass is 10.1. The van der Waals surface area contributed by atoms with Crippen LogP contribution in [-0.2, 0) is 13.0 Å². The molecular formula is C16H21FN6O. The summed E-state index contributed by atoms with van der Waals surface area (Å²) >= 11 is 0. The Morgan fingerprint density at radius 1 is 1.54 bits per heavy atom. The molecule has 0 saturated heterocycles. The first-order chi connectivity index (χ1) is 11.7. The van der Waals surface area contributed by atoms with Gasteiger partial charge in [0.25, 0.3) is 0 Å². The first-order valence-corrected chi connectivity index (χ1v) is 7.93. The number of benzene rings is 1. The minimum Gasteiger partial charge on any atom is -0.387 e. The van der Waals surface area contributed by atoms with E-state index < -0.39 is 6.10 Å². The minimum atomic E-state index is -0.812. The van der Waals surface area contributed by atoms with Crippen LogP contribution in [0.15, 0.2) is 35.6 Å². The van der Waals surface area contributed by atoms with Gasteiger partial charge < -0.3 is 15.7 Å². The third kappa shape index (κ3) is 3.88. The Balaban J connectivity index is 1.52. The topological polar surface area (TPSA) is 87.4 Å². The number of aromatic nitrogens is 3. The summed E-state index contributed by atoms with van der Waals surface area (Å²) < 4.78 is 15.1. The van der Waals surface area contributed by atoms with E-state index in [1.54, 1.807) is 25.5 Å². The summed E-state index contributed by atoms with van der Waals surface area (Å²) in [6, 6.07) is 6.15. The van der Waals surface area contributed by atoms with Crippen molar-refractivity contribution in [1.82, 2.24) is 25.4 Å². The van der Waals surface area contributed by atoms with Gasteiger partial charge in [-0.15, -0.1) is 0 Å². The molecule has 1 aromatic carbocycles. The lowest BCUT2D eigenvalue weighted by Gasteiger charge is -2.25. The van der Waals surface area contributed by atoms with Gasteiger partial charge in [-0.25, -0.2) is 14.1 Å². The zero-order valence-corrected chi connectivity index (χ0v) is 13.5. The fraction of sp³-hybridized carbons (Fsp3) is 0.438. The van der Waals surface area contributed by atoms with Gasteiger partial charge in [-0.3, -0.25) is 4.99 Å². The number of hydrogen-bond donors (Lipinski definition) is 3. The Hall–Kier alpha value is -2.48. The molecule has 0 bridgehead atoms. The summed E-state index contributed by atoms with van der Waals surface area (Å²) in [4.78, 5) is 8.38. The fourth-order valence-electron chi connectivity index (χ4n) is 2.77. The third-order valence-corrected chi connectivity index (χ3v) is 4.07. The number of rotatable bonds is 4. The standard InChI is InChI=1S/C16H21FN6O/c1-18-16(19-8-14(24)11-3-2-4-12(17)7-11)22-13-5-6-15-20-10-21-23(15)9-13/h2-4,7,10,13-14,24H,5-6,8-9H2,1H3,(H2,18,19,22). The van der Waals surface area contributed by atoms with Crippen molar-refractivity contribution in [2.75, 3.05) is 13.6 Å². The highest BCUT2D eigenvalue weighted by molar-refractivity contribution is 5.80. The summed E-state index contributed by atoms with van der Waals surface area (Å²) in [6.07, 6.45) is 2.56. The van der Waals surface area contributed by atoms with E-state index in [2.05, 4.69) is 25.7 Å². The van der Waals surface area contributed by atoms with E-state index in [1.807, 2.05) is 4.68 Å². The Bertz CT molecular complexity index is 716. The number of fused-ring (bicyclic) bond motifs is 1. The quantitative estimate of drug-likeness (QED) is 0.565. The predicted molar refractivity (Wildman–Crippen MR) is 88.0 cm³/mol. The summed E-state index contributed by atoms with van der Waals surface area (Å²) in [5, 5.41) is 20.7. The Morgan fingerprint density at radius 2 is 2.42 bits per heavy atom. The predicted octanol–water partition coefficient (Wildman–Crippen LogP) is 0.631. The number of nitrogens with one attached hydrogen (secondary N) is 2. The molecule has 7 nitrogen and oxygen atoms in total. The molecule has 1 aromatic heterocycles. The number of aryl methyl sites for hydroxylation is 1. The number of halogens is 1. The van der Waals surface area contributed by atoms with E-state index in [9.17, 15) is 9.50 Å². The average Bonchev–Trinajstić information content (AvgIpc) is 3.06. The van der Waals surface area contributed by atoms with Gasteiger partial charge in [-0.1, -0.05) is 12.1 Å². The highest BCUT2D eigenvalue weighted by atomic mass is 19.1. The molecule has 0 saturated carbocycles. The maximum Gasteiger partial charge on any atom is 0.191 e. The molecule has 3 rings (SSSR count). The van der Waals surface area contributed by atoms with Crippen LogP contribution in [0.2, 0.25) is 0 Å². The number of guanidine groups is 1. The Kier molecular flexibility index (Phi) is 5.05. The Labute approximate surface area is 139 Å². The third-order valence-electron chi connectivity index (χ3n) is 4.07. The van der Waals surface area contributed by atoms with Crippen LogP contribution in [0, 0.1) is 5.82 Å².